The van der Waals surface area contributed by atoms with Gasteiger partial charge in [0.1, 0.15) is 11.6 Å². The Morgan fingerprint density at radius 1 is 0.906 bits per heavy atom. The minimum atomic E-state index is -0.349. The Morgan fingerprint density at radius 2 is 1.53 bits per heavy atom. The van der Waals surface area contributed by atoms with E-state index in [1.54, 1.807) is 35.9 Å². The maximum absolute atomic E-state index is 13.2. The van der Waals surface area contributed by atoms with Gasteiger partial charge in [0, 0.05) is 29.8 Å². The lowest BCUT2D eigenvalue weighted by atomic mass is 10.0. The average Bonchev–Trinajstić information content (AvgIpc) is 3.41. The van der Waals surface area contributed by atoms with Crippen LogP contribution in [0, 0.1) is 5.82 Å². The van der Waals surface area contributed by atoms with Crippen LogP contribution in [0.15, 0.2) is 70.7 Å². The third-order valence-electron chi connectivity index (χ3n) is 5.69. The topological polar surface area (TPSA) is 78.0 Å². The number of hydrogen-bond donors (Lipinski definition) is 0. The van der Waals surface area contributed by atoms with E-state index in [9.17, 15) is 14.0 Å². The molecule has 0 aliphatic heterocycles. The number of benzene rings is 3. The molecule has 6 rings (SSSR count). The highest BCUT2D eigenvalue weighted by Crippen LogP contribution is 2.32. The van der Waals surface area contributed by atoms with Crippen molar-refractivity contribution in [1.82, 2.24) is 14.5 Å². The fourth-order valence-electron chi connectivity index (χ4n) is 4.07. The van der Waals surface area contributed by atoms with E-state index < -0.39 is 0 Å². The molecule has 32 heavy (non-hydrogen) atoms. The Balaban J connectivity index is 1.40. The molecule has 0 radical (unpaired) electrons. The number of imidazole rings is 1. The fourth-order valence-corrected chi connectivity index (χ4v) is 4.07. The number of ketones is 2. The van der Waals surface area contributed by atoms with Crippen molar-refractivity contribution in [3.63, 3.8) is 0 Å². The first-order valence-electron chi connectivity index (χ1n) is 9.93. The van der Waals surface area contributed by atoms with Crippen molar-refractivity contribution in [1.29, 1.82) is 0 Å². The Labute approximate surface area is 180 Å². The number of hydrogen-bond acceptors (Lipinski definition) is 5. The SMILES string of the molecule is Cn1c(-c2ccc(F)cc2)nc2oc(C=C3C(=O)c4cc5ccccc5cc4C3=O)nc21. The van der Waals surface area contributed by atoms with Gasteiger partial charge in [-0.05, 0) is 47.2 Å². The zero-order valence-electron chi connectivity index (χ0n) is 16.8. The van der Waals surface area contributed by atoms with Gasteiger partial charge in [-0.3, -0.25) is 9.59 Å². The summed E-state index contributed by atoms with van der Waals surface area (Å²) in [6.07, 6.45) is 1.37. The van der Waals surface area contributed by atoms with E-state index in [1.165, 1.54) is 18.2 Å². The number of halogens is 1. The van der Waals surface area contributed by atoms with Gasteiger partial charge in [0.05, 0.1) is 5.57 Å². The van der Waals surface area contributed by atoms with Crippen LogP contribution in [-0.2, 0) is 7.05 Å². The molecule has 0 spiro atoms. The summed E-state index contributed by atoms with van der Waals surface area (Å²) in [7, 11) is 1.76. The predicted octanol–water partition coefficient (Wildman–Crippen LogP) is 4.98. The first-order chi connectivity index (χ1) is 15.5. The molecule has 1 aliphatic rings. The number of oxazole rings is 1. The number of aryl methyl sites for hydroxylation is 1. The summed E-state index contributed by atoms with van der Waals surface area (Å²) in [5.74, 6) is -0.343. The molecule has 0 atom stereocenters. The van der Waals surface area contributed by atoms with Crippen LogP contribution >= 0.6 is 0 Å². The Bertz CT molecular complexity index is 1570. The summed E-state index contributed by atoms with van der Waals surface area (Å²) in [4.78, 5) is 34.7. The maximum atomic E-state index is 13.2. The second-order valence-electron chi connectivity index (χ2n) is 7.64. The summed E-state index contributed by atoms with van der Waals surface area (Å²) in [6.45, 7) is 0. The third-order valence-corrected chi connectivity index (χ3v) is 5.69. The zero-order chi connectivity index (χ0) is 22.0. The Hall–Kier alpha value is -4.39. The molecular formula is C25H14FN3O3. The molecule has 2 heterocycles. The summed E-state index contributed by atoms with van der Waals surface area (Å²) in [5.41, 5.74) is 2.21. The summed E-state index contributed by atoms with van der Waals surface area (Å²) < 4.78 is 20.6. The van der Waals surface area contributed by atoms with E-state index in [0.29, 0.717) is 28.2 Å². The van der Waals surface area contributed by atoms with Crippen LogP contribution in [0.3, 0.4) is 0 Å². The lowest BCUT2D eigenvalue weighted by molar-refractivity contribution is 0.0990. The second-order valence-corrected chi connectivity index (χ2v) is 7.64. The molecule has 2 aromatic heterocycles. The van der Waals surface area contributed by atoms with Crippen molar-refractivity contribution in [2.75, 3.05) is 0 Å². The highest BCUT2D eigenvalue weighted by Gasteiger charge is 2.34. The summed E-state index contributed by atoms with van der Waals surface area (Å²) in [6, 6.07) is 17.0. The van der Waals surface area contributed by atoms with E-state index in [-0.39, 0.29) is 34.6 Å². The number of Topliss-reactive ketones (excluding diaryl/α,β-unsaturated/α-hetero) is 2. The Kier molecular flexibility index (Phi) is 3.76. The molecule has 5 aromatic rings. The molecule has 0 bridgehead atoms. The van der Waals surface area contributed by atoms with Crippen LogP contribution in [0.5, 0.6) is 0 Å². The molecule has 0 amide bonds. The molecule has 0 fully saturated rings. The van der Waals surface area contributed by atoms with Gasteiger partial charge < -0.3 is 8.98 Å². The van der Waals surface area contributed by atoms with E-state index in [1.807, 2.05) is 24.3 Å². The van der Waals surface area contributed by atoms with Crippen LogP contribution in [-0.4, -0.2) is 26.1 Å². The predicted molar refractivity (Wildman–Crippen MR) is 117 cm³/mol. The van der Waals surface area contributed by atoms with Gasteiger partial charge in [-0.1, -0.05) is 24.3 Å². The molecule has 3 aromatic carbocycles. The molecule has 0 saturated carbocycles. The number of carbonyl (C=O) groups is 2. The van der Waals surface area contributed by atoms with Crippen molar-refractivity contribution >= 4 is 39.8 Å². The molecule has 1 aliphatic carbocycles. The van der Waals surface area contributed by atoms with Gasteiger partial charge in [0.25, 0.3) is 5.71 Å². The number of rotatable bonds is 2. The maximum Gasteiger partial charge on any atom is 0.267 e. The Morgan fingerprint density at radius 3 is 2.12 bits per heavy atom. The number of nitrogens with zero attached hydrogens (tertiary/aromatic N) is 3. The van der Waals surface area contributed by atoms with Gasteiger partial charge in [-0.15, -0.1) is 0 Å². The first-order valence-corrected chi connectivity index (χ1v) is 9.93. The average molecular weight is 423 g/mol. The molecule has 7 heteroatoms. The highest BCUT2D eigenvalue weighted by atomic mass is 19.1. The largest absolute Gasteiger partial charge is 0.417 e. The third kappa shape index (κ3) is 2.64. The van der Waals surface area contributed by atoms with Crippen molar-refractivity contribution in [2.24, 2.45) is 7.05 Å². The van der Waals surface area contributed by atoms with Crippen molar-refractivity contribution in [3.05, 3.63) is 89.1 Å². The van der Waals surface area contributed by atoms with Gasteiger partial charge in [-0.2, -0.15) is 9.97 Å². The smallest absolute Gasteiger partial charge is 0.267 e. The fraction of sp³-hybridized carbons (Fsp3) is 0.0400. The van der Waals surface area contributed by atoms with Crippen LogP contribution in [0.25, 0.3) is 39.6 Å². The molecule has 0 N–H and O–H groups in total. The molecular weight excluding hydrogens is 409 g/mol. The lowest BCUT2D eigenvalue weighted by Gasteiger charge is -2.01. The van der Waals surface area contributed by atoms with Gasteiger partial charge in [0.2, 0.25) is 11.5 Å². The number of carbonyl (C=O) groups excluding carboxylic acids is 2. The van der Waals surface area contributed by atoms with Gasteiger partial charge in [0.15, 0.2) is 11.6 Å². The highest BCUT2D eigenvalue weighted by molar-refractivity contribution is 6.41. The molecule has 0 saturated heterocycles. The van der Waals surface area contributed by atoms with Crippen LogP contribution in [0.1, 0.15) is 26.6 Å². The number of fused-ring (bicyclic) bond motifs is 3. The van der Waals surface area contributed by atoms with E-state index in [0.717, 1.165) is 10.8 Å². The lowest BCUT2D eigenvalue weighted by Crippen LogP contribution is -2.00. The molecule has 154 valence electrons. The molecule has 6 nitrogen and oxygen atoms in total. The first kappa shape index (κ1) is 18.4. The minimum absolute atomic E-state index is 0.0145. The second kappa shape index (κ2) is 6.55. The summed E-state index contributed by atoms with van der Waals surface area (Å²) >= 11 is 0. The monoisotopic (exact) mass is 423 g/mol. The standard InChI is InChI=1S/C25H14FN3O3/c1-29-23(13-6-8-16(26)9-7-13)28-25-24(29)27-20(32-25)12-19-21(30)17-10-14-4-2-3-5-15(14)11-18(17)22(19)31/h2-12H,1H3. The van der Waals surface area contributed by atoms with Crippen LogP contribution in [0.4, 0.5) is 4.39 Å². The number of allylic oxidation sites excluding steroid dienone is 1. The van der Waals surface area contributed by atoms with Crippen LogP contribution < -0.4 is 0 Å². The van der Waals surface area contributed by atoms with Crippen molar-refractivity contribution in [2.45, 2.75) is 0 Å². The molecule has 0 unspecified atom stereocenters. The van der Waals surface area contributed by atoms with E-state index in [4.69, 9.17) is 4.42 Å². The summed E-state index contributed by atoms with van der Waals surface area (Å²) in [5, 5.41) is 1.79. The quantitative estimate of drug-likeness (QED) is 0.296. The van der Waals surface area contributed by atoms with Gasteiger partial charge in [-0.25, -0.2) is 4.39 Å². The van der Waals surface area contributed by atoms with E-state index in [2.05, 4.69) is 9.97 Å². The minimum Gasteiger partial charge on any atom is -0.417 e. The number of aromatic nitrogens is 3. The van der Waals surface area contributed by atoms with E-state index >= 15 is 0 Å². The van der Waals surface area contributed by atoms with Crippen molar-refractivity contribution in [3.8, 4) is 11.4 Å². The van der Waals surface area contributed by atoms with Gasteiger partial charge >= 0.3 is 0 Å². The zero-order valence-corrected chi connectivity index (χ0v) is 16.8. The normalized spacial score (nSPS) is 13.4. The van der Waals surface area contributed by atoms with Crippen molar-refractivity contribution < 1.29 is 18.4 Å². The van der Waals surface area contributed by atoms with Crippen LogP contribution in [0.2, 0.25) is 0 Å².